The number of nitro benzene ring substituents is 1. The summed E-state index contributed by atoms with van der Waals surface area (Å²) in [5.41, 5.74) is 2.26. The average Bonchev–Trinajstić information content (AvgIpc) is 2.79. The van der Waals surface area contributed by atoms with E-state index in [1.54, 1.807) is 12.1 Å². The molecule has 0 unspecified atom stereocenters. The molecule has 2 heterocycles. The molecule has 0 aliphatic carbocycles. The van der Waals surface area contributed by atoms with Gasteiger partial charge >= 0.3 is 0 Å². The number of nitrogens with zero attached hydrogens (tertiary/aromatic N) is 2. The molecule has 2 aromatic carbocycles. The molecule has 0 saturated carbocycles. The summed E-state index contributed by atoms with van der Waals surface area (Å²) in [5, 5.41) is 11.1. The highest BCUT2D eigenvalue weighted by atomic mass is 16.6. The second-order valence-corrected chi connectivity index (χ2v) is 7.72. The van der Waals surface area contributed by atoms with Crippen LogP contribution in [0.4, 0.5) is 11.4 Å². The van der Waals surface area contributed by atoms with Crippen LogP contribution in [0.15, 0.2) is 48.5 Å². The quantitative estimate of drug-likeness (QED) is 0.571. The van der Waals surface area contributed by atoms with Crippen molar-refractivity contribution in [1.82, 2.24) is 0 Å². The summed E-state index contributed by atoms with van der Waals surface area (Å²) in [7, 11) is 0. The zero-order chi connectivity index (χ0) is 18.7. The summed E-state index contributed by atoms with van der Waals surface area (Å²) in [6.45, 7) is 8.69. The van der Waals surface area contributed by atoms with Gasteiger partial charge in [-0.05, 0) is 57.5 Å². The van der Waals surface area contributed by atoms with Crippen molar-refractivity contribution in [3.05, 3.63) is 69.8 Å². The molecule has 2 aromatic rings. The number of hydrogen-bond donors (Lipinski definition) is 0. The fraction of sp³-hybridized carbons (Fsp3) is 0.333. The van der Waals surface area contributed by atoms with E-state index in [1.165, 1.54) is 17.3 Å². The highest BCUT2D eigenvalue weighted by Gasteiger charge is 2.59. The highest BCUT2D eigenvalue weighted by molar-refractivity contribution is 5.73. The summed E-state index contributed by atoms with van der Waals surface area (Å²) >= 11 is 0. The lowest BCUT2D eigenvalue weighted by atomic mass is 9.76. The highest BCUT2D eigenvalue weighted by Crippen LogP contribution is 2.55. The number of fused-ring (bicyclic) bond motifs is 2. The molecule has 4 rings (SSSR count). The Morgan fingerprint density at radius 2 is 1.88 bits per heavy atom. The Balaban J connectivity index is 1.89. The smallest absolute Gasteiger partial charge is 0.270 e. The van der Waals surface area contributed by atoms with E-state index in [1.807, 2.05) is 12.1 Å². The Morgan fingerprint density at radius 3 is 2.58 bits per heavy atom. The molecular formula is C21H22N2O3. The van der Waals surface area contributed by atoms with Crippen molar-refractivity contribution in [2.45, 2.75) is 44.9 Å². The lowest BCUT2D eigenvalue weighted by Gasteiger charge is -2.48. The Bertz CT molecular complexity index is 933. The average molecular weight is 350 g/mol. The summed E-state index contributed by atoms with van der Waals surface area (Å²) in [6.07, 6.45) is 4.01. The van der Waals surface area contributed by atoms with Gasteiger partial charge in [-0.2, -0.15) is 0 Å². The van der Waals surface area contributed by atoms with Crippen molar-refractivity contribution in [3.8, 4) is 5.75 Å². The maximum atomic E-state index is 11.1. The fourth-order valence-corrected chi connectivity index (χ4v) is 4.29. The Kier molecular flexibility index (Phi) is 3.41. The van der Waals surface area contributed by atoms with Crippen LogP contribution in [0.2, 0.25) is 0 Å². The van der Waals surface area contributed by atoms with Crippen LogP contribution in [-0.2, 0) is 5.41 Å². The van der Waals surface area contributed by atoms with Crippen LogP contribution >= 0.6 is 0 Å². The number of nitro groups is 1. The van der Waals surface area contributed by atoms with E-state index in [2.05, 4.69) is 56.9 Å². The number of non-ortho nitro benzene ring substituents is 1. The predicted octanol–water partition coefficient (Wildman–Crippen LogP) is 4.90. The molecule has 0 aromatic heterocycles. The molecule has 134 valence electrons. The predicted molar refractivity (Wildman–Crippen MR) is 103 cm³/mol. The van der Waals surface area contributed by atoms with Gasteiger partial charge in [-0.15, -0.1) is 0 Å². The van der Waals surface area contributed by atoms with E-state index in [0.29, 0.717) is 5.75 Å². The minimum Gasteiger partial charge on any atom is -0.463 e. The van der Waals surface area contributed by atoms with E-state index in [4.69, 9.17) is 4.74 Å². The number of rotatable bonds is 2. The standard InChI is InChI=1S/C21H22N2O3/c1-14(2)22-18-8-6-5-7-17(18)20(3,4)21(22)12-11-15-13-16(23(24)25)9-10-19(15)26-21/h5-14H,1-4H3/t21-/m1/s1. The van der Waals surface area contributed by atoms with Crippen LogP contribution in [0.1, 0.15) is 38.8 Å². The number of hydrogen-bond acceptors (Lipinski definition) is 4. The number of para-hydroxylation sites is 1. The first-order valence-electron chi connectivity index (χ1n) is 8.83. The summed E-state index contributed by atoms with van der Waals surface area (Å²) in [5.74, 6) is 0.671. The molecule has 0 N–H and O–H groups in total. The van der Waals surface area contributed by atoms with Gasteiger partial charge in [0.2, 0.25) is 5.72 Å². The van der Waals surface area contributed by atoms with Crippen molar-refractivity contribution in [2.24, 2.45) is 0 Å². The van der Waals surface area contributed by atoms with Crippen molar-refractivity contribution in [3.63, 3.8) is 0 Å². The van der Waals surface area contributed by atoms with Crippen molar-refractivity contribution < 1.29 is 9.66 Å². The first-order chi connectivity index (χ1) is 12.3. The number of anilines is 1. The Labute approximate surface area is 153 Å². The minimum atomic E-state index is -0.673. The molecule has 0 fully saturated rings. The first kappa shape index (κ1) is 16.6. The summed E-state index contributed by atoms with van der Waals surface area (Å²) in [4.78, 5) is 13.0. The molecule has 0 bridgehead atoms. The molecule has 0 amide bonds. The minimum absolute atomic E-state index is 0.0719. The Morgan fingerprint density at radius 1 is 1.15 bits per heavy atom. The fourth-order valence-electron chi connectivity index (χ4n) is 4.29. The third kappa shape index (κ3) is 2.03. The van der Waals surface area contributed by atoms with Crippen LogP contribution in [0, 0.1) is 10.1 Å². The van der Waals surface area contributed by atoms with Gasteiger partial charge in [0.1, 0.15) is 5.75 Å². The van der Waals surface area contributed by atoms with E-state index >= 15 is 0 Å². The number of ether oxygens (including phenoxy) is 1. The van der Waals surface area contributed by atoms with E-state index < -0.39 is 5.72 Å². The van der Waals surface area contributed by atoms with Crippen molar-refractivity contribution in [1.29, 1.82) is 0 Å². The summed E-state index contributed by atoms with van der Waals surface area (Å²) < 4.78 is 6.60. The molecule has 5 heteroatoms. The maximum absolute atomic E-state index is 11.1. The molecule has 0 radical (unpaired) electrons. The van der Waals surface area contributed by atoms with Crippen LogP contribution in [-0.4, -0.2) is 16.7 Å². The van der Waals surface area contributed by atoms with Gasteiger partial charge < -0.3 is 9.64 Å². The zero-order valence-electron chi connectivity index (χ0n) is 15.4. The second kappa shape index (κ2) is 5.34. The van der Waals surface area contributed by atoms with Crippen LogP contribution in [0.5, 0.6) is 5.75 Å². The first-order valence-corrected chi connectivity index (χ1v) is 8.83. The van der Waals surface area contributed by atoms with Gasteiger partial charge in [0, 0.05) is 29.4 Å². The molecule has 1 atom stereocenters. The normalized spacial score (nSPS) is 22.3. The third-order valence-corrected chi connectivity index (χ3v) is 5.57. The zero-order valence-corrected chi connectivity index (χ0v) is 15.4. The molecule has 26 heavy (non-hydrogen) atoms. The lowest BCUT2D eigenvalue weighted by Crippen LogP contribution is -2.61. The van der Waals surface area contributed by atoms with Gasteiger partial charge in [0.25, 0.3) is 5.69 Å². The molecule has 0 saturated heterocycles. The van der Waals surface area contributed by atoms with Crippen molar-refractivity contribution >= 4 is 17.5 Å². The Hall–Kier alpha value is -2.82. The third-order valence-electron chi connectivity index (χ3n) is 5.57. The van der Waals surface area contributed by atoms with Gasteiger partial charge in [-0.25, -0.2) is 0 Å². The van der Waals surface area contributed by atoms with Crippen molar-refractivity contribution in [2.75, 3.05) is 4.90 Å². The van der Waals surface area contributed by atoms with Gasteiger partial charge in [-0.3, -0.25) is 10.1 Å². The molecule has 1 spiro atoms. The van der Waals surface area contributed by atoms with Gasteiger partial charge in [-0.1, -0.05) is 18.2 Å². The molecule has 2 aliphatic rings. The number of benzene rings is 2. The van der Waals surface area contributed by atoms with Crippen LogP contribution in [0.3, 0.4) is 0 Å². The molecule has 2 aliphatic heterocycles. The monoisotopic (exact) mass is 350 g/mol. The topological polar surface area (TPSA) is 55.6 Å². The van der Waals surface area contributed by atoms with Gasteiger partial charge in [0.15, 0.2) is 0 Å². The van der Waals surface area contributed by atoms with Gasteiger partial charge in [0.05, 0.1) is 10.3 Å². The second-order valence-electron chi connectivity index (χ2n) is 7.72. The maximum Gasteiger partial charge on any atom is 0.270 e. The molecular weight excluding hydrogens is 328 g/mol. The van der Waals surface area contributed by atoms with Crippen LogP contribution in [0.25, 0.3) is 6.08 Å². The summed E-state index contributed by atoms with van der Waals surface area (Å²) in [6, 6.07) is 13.4. The largest absolute Gasteiger partial charge is 0.463 e. The van der Waals surface area contributed by atoms with E-state index in [0.717, 1.165) is 5.56 Å². The molecule has 5 nitrogen and oxygen atoms in total. The SMILES string of the molecule is CC(C)N1c2ccccc2C(C)(C)[C@]12C=Cc1cc([N+](=O)[O-])ccc1O2. The van der Waals surface area contributed by atoms with Crippen LogP contribution < -0.4 is 9.64 Å². The lowest BCUT2D eigenvalue weighted by molar-refractivity contribution is -0.384. The van der Waals surface area contributed by atoms with E-state index in [-0.39, 0.29) is 22.1 Å². The van der Waals surface area contributed by atoms with E-state index in [9.17, 15) is 10.1 Å².